The number of hydrogen-bond acceptors (Lipinski definition) is 4. The molecule has 0 bridgehead atoms. The van der Waals surface area contributed by atoms with Crippen LogP contribution in [0.2, 0.25) is 18.1 Å². The summed E-state index contributed by atoms with van der Waals surface area (Å²) in [6.45, 7) is 11.8. The number of aromatic nitrogens is 2. The molecule has 0 atom stereocenters. The topological polar surface area (TPSA) is 33.5 Å². The van der Waals surface area contributed by atoms with Gasteiger partial charge in [-0.05, 0) is 41.9 Å². The van der Waals surface area contributed by atoms with E-state index in [9.17, 15) is 0 Å². The van der Waals surface area contributed by atoms with Crippen molar-refractivity contribution in [1.82, 2.24) is 14.5 Å². The molecule has 0 N–H and O–H groups in total. The Bertz CT molecular complexity index is 1760. The second-order valence-corrected chi connectivity index (χ2v) is 16.3. The SMILES string of the molecule is CN1C=C2N([CH-]1)c1[c-]c(Oc3[c-]c4c(cc3)c3ccccc3n4-c3ccccn3)ccc1[Si](C)(C)C2(C)C.[Pt]. The summed E-state index contributed by atoms with van der Waals surface area (Å²) in [5.74, 6) is 2.20. The molecule has 0 radical (unpaired) electrons. The third-order valence-electron chi connectivity index (χ3n) is 8.55. The minimum atomic E-state index is -1.83. The molecule has 0 fully saturated rings. The van der Waals surface area contributed by atoms with E-state index in [0.717, 1.165) is 27.9 Å². The van der Waals surface area contributed by atoms with E-state index < -0.39 is 8.07 Å². The Hall–Kier alpha value is -3.34. The molecule has 7 rings (SSSR count). The Morgan fingerprint density at radius 1 is 0.897 bits per heavy atom. The molecule has 7 heteroatoms. The fraction of sp³-hybridized carbons (Fsp3) is 0.188. The summed E-state index contributed by atoms with van der Waals surface area (Å²) >= 11 is 0. The van der Waals surface area contributed by atoms with Gasteiger partial charge < -0.3 is 19.1 Å². The van der Waals surface area contributed by atoms with Crippen molar-refractivity contribution in [2.45, 2.75) is 32.0 Å². The number of para-hydroxylation sites is 1. The van der Waals surface area contributed by atoms with E-state index in [2.05, 4.69) is 121 Å². The predicted molar refractivity (Wildman–Crippen MR) is 157 cm³/mol. The molecule has 200 valence electrons. The fourth-order valence-electron chi connectivity index (χ4n) is 5.82. The number of ether oxygens (including phenoxy) is 1. The van der Waals surface area contributed by atoms with Crippen molar-refractivity contribution in [3.63, 3.8) is 0 Å². The molecule has 4 heterocycles. The molecule has 0 unspecified atom stereocenters. The summed E-state index contributed by atoms with van der Waals surface area (Å²) in [6.07, 6.45) is 4.07. The minimum Gasteiger partial charge on any atom is -0.510 e. The molecule has 0 aliphatic carbocycles. The van der Waals surface area contributed by atoms with Crippen molar-refractivity contribution in [1.29, 1.82) is 0 Å². The zero-order chi connectivity index (χ0) is 26.2. The molecule has 3 aromatic carbocycles. The minimum absolute atomic E-state index is 0. The molecule has 39 heavy (non-hydrogen) atoms. The van der Waals surface area contributed by atoms with Crippen LogP contribution >= 0.6 is 0 Å². The van der Waals surface area contributed by atoms with Crippen LogP contribution in [0.1, 0.15) is 13.8 Å². The first-order chi connectivity index (χ1) is 18.3. The third kappa shape index (κ3) is 3.80. The van der Waals surface area contributed by atoms with E-state index in [-0.39, 0.29) is 26.1 Å². The Morgan fingerprint density at radius 3 is 2.44 bits per heavy atom. The quantitative estimate of drug-likeness (QED) is 0.150. The van der Waals surface area contributed by atoms with Crippen molar-refractivity contribution < 1.29 is 25.8 Å². The van der Waals surface area contributed by atoms with Gasteiger partial charge in [0.1, 0.15) is 5.82 Å². The average molecular weight is 709 g/mol. The smallest absolute Gasteiger partial charge is 0.135 e. The van der Waals surface area contributed by atoms with Crippen molar-refractivity contribution >= 4 is 40.8 Å². The Kier molecular flexibility index (Phi) is 6.05. The first-order valence-corrected chi connectivity index (χ1v) is 16.0. The van der Waals surface area contributed by atoms with E-state index in [0.29, 0.717) is 11.5 Å². The second kappa shape index (κ2) is 9.11. The van der Waals surface area contributed by atoms with Crippen molar-refractivity contribution in [3.8, 4) is 17.3 Å². The van der Waals surface area contributed by atoms with Gasteiger partial charge in [0.25, 0.3) is 0 Å². The van der Waals surface area contributed by atoms with E-state index >= 15 is 0 Å². The molecule has 5 nitrogen and oxygen atoms in total. The van der Waals surface area contributed by atoms with Crippen LogP contribution in [0, 0.1) is 18.8 Å². The number of hydrogen-bond donors (Lipinski definition) is 0. The normalized spacial score (nSPS) is 17.0. The maximum absolute atomic E-state index is 6.43. The van der Waals surface area contributed by atoms with Gasteiger partial charge in [0, 0.05) is 58.0 Å². The zero-order valence-corrected chi connectivity index (χ0v) is 25.9. The van der Waals surface area contributed by atoms with Crippen molar-refractivity contribution in [2.24, 2.45) is 0 Å². The van der Waals surface area contributed by atoms with Gasteiger partial charge in [-0.3, -0.25) is 0 Å². The first kappa shape index (κ1) is 25.9. The van der Waals surface area contributed by atoms with Gasteiger partial charge in [-0.2, -0.15) is 18.8 Å². The van der Waals surface area contributed by atoms with E-state index in [4.69, 9.17) is 4.74 Å². The van der Waals surface area contributed by atoms with Gasteiger partial charge in [-0.15, -0.1) is 34.8 Å². The summed E-state index contributed by atoms with van der Waals surface area (Å²) < 4.78 is 8.58. The van der Waals surface area contributed by atoms with Gasteiger partial charge in [0.2, 0.25) is 0 Å². The maximum Gasteiger partial charge on any atom is 0.135 e. The molecular weight excluding hydrogens is 680 g/mol. The van der Waals surface area contributed by atoms with Crippen LogP contribution in [0.4, 0.5) is 5.69 Å². The second-order valence-electron chi connectivity index (χ2n) is 11.2. The number of allylic oxidation sites excluding steroid dienone is 1. The standard InChI is InChI=1S/C32H29N4OSi.Pt/c1-32(2)30-20-34(3)21-35(30)28-19-23(14-16-29(28)38(32,4)5)37-22-13-15-25-24-10-6-7-11-26(24)36(27(25)18-22)31-12-8-9-17-33-31;/h6-17,20-21H,1-5H3;/q-3;. The molecule has 2 aromatic heterocycles. The molecule has 0 saturated carbocycles. The Morgan fingerprint density at radius 2 is 1.64 bits per heavy atom. The number of rotatable bonds is 3. The van der Waals surface area contributed by atoms with Gasteiger partial charge >= 0.3 is 0 Å². The van der Waals surface area contributed by atoms with E-state index in [1.807, 2.05) is 30.5 Å². The van der Waals surface area contributed by atoms with Crippen LogP contribution in [0.3, 0.4) is 0 Å². The summed E-state index contributed by atoms with van der Waals surface area (Å²) in [5.41, 5.74) is 4.45. The number of fused-ring (bicyclic) bond motifs is 6. The number of nitrogens with zero attached hydrogens (tertiary/aromatic N) is 4. The van der Waals surface area contributed by atoms with Crippen LogP contribution in [-0.4, -0.2) is 29.6 Å². The van der Waals surface area contributed by atoms with E-state index in [1.54, 1.807) is 0 Å². The zero-order valence-electron chi connectivity index (χ0n) is 22.6. The third-order valence-corrected chi connectivity index (χ3v) is 13.7. The summed E-state index contributed by atoms with van der Waals surface area (Å²) in [6, 6.07) is 29.9. The van der Waals surface area contributed by atoms with Crippen molar-refractivity contribution in [2.75, 3.05) is 11.9 Å². The number of anilines is 1. The summed E-state index contributed by atoms with van der Waals surface area (Å²) in [7, 11) is 0.253. The molecule has 2 aliphatic heterocycles. The number of pyridine rings is 1. The predicted octanol–water partition coefficient (Wildman–Crippen LogP) is 6.99. The van der Waals surface area contributed by atoms with Gasteiger partial charge in [-0.25, -0.2) is 4.98 Å². The van der Waals surface area contributed by atoms with Gasteiger partial charge in [-0.1, -0.05) is 62.4 Å². The van der Waals surface area contributed by atoms with Crippen LogP contribution < -0.4 is 14.8 Å². The molecule has 0 saturated heterocycles. The van der Waals surface area contributed by atoms with Gasteiger partial charge in [0.05, 0.1) is 0 Å². The monoisotopic (exact) mass is 708 g/mol. The maximum atomic E-state index is 6.43. The van der Waals surface area contributed by atoms with E-state index in [1.165, 1.54) is 16.3 Å². The molecule has 0 amide bonds. The summed E-state index contributed by atoms with van der Waals surface area (Å²) in [4.78, 5) is 9.05. The molecule has 2 aliphatic rings. The Balaban J connectivity index is 0.00000277. The van der Waals surface area contributed by atoms with Crippen LogP contribution in [0.15, 0.2) is 84.8 Å². The van der Waals surface area contributed by atoms with Crippen molar-refractivity contribution in [3.05, 3.63) is 104 Å². The van der Waals surface area contributed by atoms with Crippen LogP contribution in [-0.2, 0) is 21.1 Å². The first-order valence-electron chi connectivity index (χ1n) is 13.0. The van der Waals surface area contributed by atoms with Crippen LogP contribution in [0.5, 0.6) is 11.5 Å². The average Bonchev–Trinajstić information content (AvgIpc) is 3.46. The Labute approximate surface area is 245 Å². The molecular formula is C32H29N4OPtSi-3. The van der Waals surface area contributed by atoms with Gasteiger partial charge in [0.15, 0.2) is 0 Å². The summed E-state index contributed by atoms with van der Waals surface area (Å²) in [5, 5.41) is 3.77. The molecule has 5 aromatic rings. The van der Waals surface area contributed by atoms with Crippen LogP contribution in [0.25, 0.3) is 27.6 Å². The number of benzene rings is 3. The molecule has 0 spiro atoms. The largest absolute Gasteiger partial charge is 0.510 e. The fourth-order valence-corrected chi connectivity index (χ4v) is 8.60.